The molecule has 0 atom stereocenters. The summed E-state index contributed by atoms with van der Waals surface area (Å²) in [6.45, 7) is 2.42. The fraction of sp³-hybridized carbons (Fsp3) is 0.111. The van der Waals surface area contributed by atoms with Gasteiger partial charge in [0, 0.05) is 5.56 Å². The highest BCUT2D eigenvalue weighted by atomic mass is 16.5. The minimum absolute atomic E-state index is 0.457. The molecule has 0 fully saturated rings. The lowest BCUT2D eigenvalue weighted by Gasteiger charge is -2.27. The van der Waals surface area contributed by atoms with Crippen LogP contribution in [-0.4, -0.2) is 23.8 Å². The van der Waals surface area contributed by atoms with Crippen LogP contribution in [0.25, 0.3) is 10.8 Å². The summed E-state index contributed by atoms with van der Waals surface area (Å²) in [5, 5.41) is 17.7. The molecule has 0 saturated heterocycles. The van der Waals surface area contributed by atoms with Crippen LogP contribution in [0, 0.1) is 0 Å². The molecule has 0 aliphatic carbocycles. The molecule has 0 spiro atoms. The zero-order valence-corrected chi connectivity index (χ0v) is 17.7. The molecule has 1 amide bonds. The van der Waals surface area contributed by atoms with Crippen LogP contribution in [0.15, 0.2) is 102 Å². The Morgan fingerprint density at radius 3 is 2.12 bits per heavy atom. The Bertz CT molecular complexity index is 1200. The van der Waals surface area contributed by atoms with Gasteiger partial charge in [0.2, 0.25) is 0 Å². The number of aliphatic hydroxyl groups is 1. The topological polar surface area (TPSA) is 70.9 Å². The average Bonchev–Trinajstić information content (AvgIpc) is 2.85. The minimum Gasteiger partial charge on any atom is -0.493 e. The maximum atomic E-state index is 13.2. The number of hydrazone groups is 1. The monoisotopic (exact) mass is 424 g/mol. The van der Waals surface area contributed by atoms with E-state index < -0.39 is 11.5 Å². The first-order chi connectivity index (χ1) is 15.6. The van der Waals surface area contributed by atoms with E-state index in [0.29, 0.717) is 23.5 Å². The first-order valence-electron chi connectivity index (χ1n) is 10.5. The van der Waals surface area contributed by atoms with Gasteiger partial charge in [-0.15, -0.1) is 0 Å². The van der Waals surface area contributed by atoms with Crippen molar-refractivity contribution in [1.29, 1.82) is 0 Å². The number of hydrogen-bond donors (Lipinski definition) is 2. The molecule has 4 rings (SSSR count). The number of hydrogen-bond acceptors (Lipinski definition) is 4. The summed E-state index contributed by atoms with van der Waals surface area (Å²) in [6.07, 6.45) is 1.56. The highest BCUT2D eigenvalue weighted by Crippen LogP contribution is 2.30. The van der Waals surface area contributed by atoms with Gasteiger partial charge in [0.25, 0.3) is 5.91 Å². The lowest BCUT2D eigenvalue weighted by Crippen LogP contribution is -2.43. The number of amides is 1. The number of carbonyl (C=O) groups is 1. The van der Waals surface area contributed by atoms with Gasteiger partial charge >= 0.3 is 0 Å². The summed E-state index contributed by atoms with van der Waals surface area (Å²) in [5.74, 6) is 0.0231. The number of fused-ring (bicyclic) bond motifs is 1. The third-order valence-corrected chi connectivity index (χ3v) is 5.30. The molecule has 0 bridgehead atoms. The molecule has 0 aliphatic heterocycles. The first kappa shape index (κ1) is 21.3. The highest BCUT2D eigenvalue weighted by molar-refractivity contribution is 6.03. The smallest absolute Gasteiger partial charge is 0.281 e. The molecular formula is C27H24N2O3. The molecule has 160 valence electrons. The molecule has 0 heterocycles. The van der Waals surface area contributed by atoms with Crippen molar-refractivity contribution in [2.45, 2.75) is 12.5 Å². The Morgan fingerprint density at radius 2 is 1.50 bits per heavy atom. The lowest BCUT2D eigenvalue weighted by molar-refractivity contribution is -0.136. The van der Waals surface area contributed by atoms with E-state index in [9.17, 15) is 9.90 Å². The molecule has 0 radical (unpaired) electrons. The summed E-state index contributed by atoms with van der Waals surface area (Å²) >= 11 is 0. The molecule has 0 saturated carbocycles. The second-order valence-electron chi connectivity index (χ2n) is 7.27. The summed E-state index contributed by atoms with van der Waals surface area (Å²) in [6, 6.07) is 29.4. The van der Waals surface area contributed by atoms with Gasteiger partial charge in [-0.2, -0.15) is 5.10 Å². The van der Waals surface area contributed by atoms with Crippen molar-refractivity contribution in [3.05, 3.63) is 114 Å². The lowest BCUT2D eigenvalue weighted by atomic mass is 9.85. The van der Waals surface area contributed by atoms with Crippen LogP contribution in [0.1, 0.15) is 23.6 Å². The number of ether oxygens (including phenoxy) is 1. The third kappa shape index (κ3) is 4.11. The third-order valence-electron chi connectivity index (χ3n) is 5.30. The van der Waals surface area contributed by atoms with Crippen LogP contribution in [-0.2, 0) is 10.4 Å². The van der Waals surface area contributed by atoms with Crippen molar-refractivity contribution < 1.29 is 14.6 Å². The standard InChI is InChI=1S/C27H24N2O3/c1-2-32-25-18-17-20-11-9-10-16-23(20)24(25)19-28-29-26(30)27(31,21-12-5-3-6-13-21)22-14-7-4-8-15-22/h3-19,31H,2H2,1H3,(H,29,30). The van der Waals surface area contributed by atoms with E-state index in [1.807, 2.05) is 55.5 Å². The number of nitrogens with zero attached hydrogens (tertiary/aromatic N) is 1. The van der Waals surface area contributed by atoms with Crippen molar-refractivity contribution in [1.82, 2.24) is 5.43 Å². The van der Waals surface area contributed by atoms with Crippen LogP contribution in [0.4, 0.5) is 0 Å². The van der Waals surface area contributed by atoms with Crippen molar-refractivity contribution in [2.24, 2.45) is 5.10 Å². The second-order valence-corrected chi connectivity index (χ2v) is 7.27. The minimum atomic E-state index is -1.89. The quantitative estimate of drug-likeness (QED) is 0.336. The second kappa shape index (κ2) is 9.45. The zero-order valence-electron chi connectivity index (χ0n) is 17.7. The van der Waals surface area contributed by atoms with E-state index in [1.54, 1.807) is 54.7 Å². The highest BCUT2D eigenvalue weighted by Gasteiger charge is 2.39. The molecule has 0 unspecified atom stereocenters. The molecule has 5 nitrogen and oxygen atoms in total. The van der Waals surface area contributed by atoms with E-state index in [4.69, 9.17) is 4.74 Å². The molecule has 4 aromatic carbocycles. The predicted octanol–water partition coefficient (Wildman–Crippen LogP) is 4.62. The molecule has 5 heteroatoms. The number of benzene rings is 4. The average molecular weight is 425 g/mol. The van der Waals surface area contributed by atoms with E-state index in [2.05, 4.69) is 10.5 Å². The van der Waals surface area contributed by atoms with Gasteiger partial charge in [-0.3, -0.25) is 4.79 Å². The number of nitrogens with one attached hydrogen (secondary N) is 1. The Labute approximate surface area is 187 Å². The molecule has 0 aliphatic rings. The molecule has 32 heavy (non-hydrogen) atoms. The zero-order chi connectivity index (χ0) is 22.4. The van der Waals surface area contributed by atoms with E-state index in [-0.39, 0.29) is 0 Å². The fourth-order valence-corrected chi connectivity index (χ4v) is 3.71. The van der Waals surface area contributed by atoms with Crippen LogP contribution >= 0.6 is 0 Å². The Balaban J connectivity index is 1.68. The molecule has 0 aromatic heterocycles. The van der Waals surface area contributed by atoms with Gasteiger partial charge < -0.3 is 9.84 Å². The Hall–Kier alpha value is -3.96. The van der Waals surface area contributed by atoms with Crippen LogP contribution < -0.4 is 10.2 Å². The van der Waals surface area contributed by atoms with E-state index >= 15 is 0 Å². The normalized spacial score (nSPS) is 11.6. The van der Waals surface area contributed by atoms with Crippen molar-refractivity contribution in [2.75, 3.05) is 6.61 Å². The van der Waals surface area contributed by atoms with Crippen molar-refractivity contribution >= 4 is 22.9 Å². The van der Waals surface area contributed by atoms with E-state index in [1.165, 1.54) is 0 Å². The maximum absolute atomic E-state index is 13.2. The maximum Gasteiger partial charge on any atom is 0.281 e. The van der Waals surface area contributed by atoms with Gasteiger partial charge in [0.15, 0.2) is 5.60 Å². The van der Waals surface area contributed by atoms with Crippen molar-refractivity contribution in [3.63, 3.8) is 0 Å². The van der Waals surface area contributed by atoms with Crippen LogP contribution in [0.2, 0.25) is 0 Å². The van der Waals surface area contributed by atoms with Gasteiger partial charge in [-0.25, -0.2) is 5.43 Å². The first-order valence-corrected chi connectivity index (χ1v) is 10.5. The fourth-order valence-electron chi connectivity index (χ4n) is 3.71. The Kier molecular flexibility index (Phi) is 6.29. The molecule has 2 N–H and O–H groups in total. The predicted molar refractivity (Wildman–Crippen MR) is 127 cm³/mol. The van der Waals surface area contributed by atoms with Gasteiger partial charge in [-0.05, 0) is 34.9 Å². The van der Waals surface area contributed by atoms with Crippen molar-refractivity contribution in [3.8, 4) is 5.75 Å². The van der Waals surface area contributed by atoms with Crippen LogP contribution in [0.3, 0.4) is 0 Å². The number of carbonyl (C=O) groups excluding carboxylic acids is 1. The van der Waals surface area contributed by atoms with Gasteiger partial charge in [0.1, 0.15) is 5.75 Å². The molecular weight excluding hydrogens is 400 g/mol. The largest absolute Gasteiger partial charge is 0.493 e. The summed E-state index contributed by atoms with van der Waals surface area (Å²) in [7, 11) is 0. The summed E-state index contributed by atoms with van der Waals surface area (Å²) < 4.78 is 5.76. The van der Waals surface area contributed by atoms with Crippen LogP contribution in [0.5, 0.6) is 5.75 Å². The Morgan fingerprint density at radius 1 is 0.906 bits per heavy atom. The van der Waals surface area contributed by atoms with E-state index in [0.717, 1.165) is 16.3 Å². The number of rotatable bonds is 7. The molecule has 4 aromatic rings. The SMILES string of the molecule is CCOc1ccc2ccccc2c1C=NNC(=O)C(O)(c1ccccc1)c1ccccc1. The van der Waals surface area contributed by atoms with Gasteiger partial charge in [-0.1, -0.05) is 91.0 Å². The summed E-state index contributed by atoms with van der Waals surface area (Å²) in [5.41, 5.74) is 2.31. The summed E-state index contributed by atoms with van der Waals surface area (Å²) in [4.78, 5) is 13.2. The van der Waals surface area contributed by atoms with Gasteiger partial charge in [0.05, 0.1) is 12.8 Å².